The Morgan fingerprint density at radius 2 is 1.73 bits per heavy atom. The number of thioether (sulfide) groups is 1. The fourth-order valence-electron chi connectivity index (χ4n) is 3.75. The molecule has 3 aromatic rings. The summed E-state index contributed by atoms with van der Waals surface area (Å²) in [4.78, 5) is 40.1. The van der Waals surface area contributed by atoms with Gasteiger partial charge < -0.3 is 10.1 Å². The molecule has 0 radical (unpaired) electrons. The lowest BCUT2D eigenvalue weighted by atomic mass is 10.1. The third-order valence-electron chi connectivity index (χ3n) is 5.53. The van der Waals surface area contributed by atoms with E-state index in [9.17, 15) is 19.6 Å². The van der Waals surface area contributed by atoms with Crippen LogP contribution in [0.5, 0.6) is 0 Å². The molecule has 1 atom stereocenters. The second-order valence-electron chi connectivity index (χ2n) is 7.96. The number of para-hydroxylation sites is 2. The summed E-state index contributed by atoms with van der Waals surface area (Å²) in [5.41, 5.74) is 1.97. The van der Waals surface area contributed by atoms with Crippen LogP contribution in [0.25, 0.3) is 0 Å². The van der Waals surface area contributed by atoms with Crippen molar-refractivity contribution in [1.82, 2.24) is 0 Å². The monoisotopic (exact) mass is 531 g/mol. The lowest BCUT2D eigenvalue weighted by Crippen LogP contribution is -2.30. The number of nitrogens with one attached hydrogen (secondary N) is 1. The van der Waals surface area contributed by atoms with Crippen molar-refractivity contribution in [3.63, 3.8) is 0 Å². The number of amides is 2. The summed E-state index contributed by atoms with van der Waals surface area (Å²) in [5, 5.41) is 12.6. The number of carbonyl (C=O) groups is 3. The van der Waals surface area contributed by atoms with Gasteiger partial charge in [-0.15, -0.1) is 0 Å². The molecule has 2 amide bonds. The lowest BCUT2D eigenvalue weighted by Gasteiger charge is -2.18. The molecule has 0 aromatic heterocycles. The van der Waals surface area contributed by atoms with Crippen LogP contribution in [-0.2, 0) is 20.7 Å². The number of carbonyl (C=O) groups excluding carboxylic acids is 3. The molecule has 1 saturated heterocycles. The number of benzene rings is 3. The molecule has 0 aliphatic carbocycles. The Labute approximate surface area is 223 Å². The molecule has 1 N–H and O–H groups in total. The van der Waals surface area contributed by atoms with Crippen molar-refractivity contribution < 1.29 is 19.1 Å². The van der Waals surface area contributed by atoms with Crippen LogP contribution >= 0.6 is 23.4 Å². The minimum Gasteiger partial charge on any atom is -0.462 e. The molecular formula is C28H22ClN3O4S. The van der Waals surface area contributed by atoms with E-state index in [0.29, 0.717) is 28.4 Å². The van der Waals surface area contributed by atoms with E-state index in [4.69, 9.17) is 16.3 Å². The Bertz CT molecular complexity index is 1400. The largest absolute Gasteiger partial charge is 0.462 e. The van der Waals surface area contributed by atoms with Crippen molar-refractivity contribution in [2.75, 3.05) is 16.8 Å². The highest BCUT2D eigenvalue weighted by Crippen LogP contribution is 2.42. The molecule has 1 fully saturated rings. The number of esters is 1. The van der Waals surface area contributed by atoms with Crippen LogP contribution < -0.4 is 10.2 Å². The number of hydrogen-bond acceptors (Lipinski definition) is 6. The topological polar surface area (TPSA) is 99.5 Å². The third-order valence-corrected chi connectivity index (χ3v) is 7.12. The van der Waals surface area contributed by atoms with Crippen LogP contribution in [0.2, 0.25) is 5.02 Å². The molecule has 1 aliphatic rings. The van der Waals surface area contributed by atoms with E-state index in [1.54, 1.807) is 79.7 Å². The predicted octanol–water partition coefficient (Wildman–Crippen LogP) is 5.58. The van der Waals surface area contributed by atoms with E-state index in [-0.39, 0.29) is 23.1 Å². The number of ether oxygens (including phenoxy) is 1. The average Bonchev–Trinajstić information content (AvgIpc) is 3.22. The third kappa shape index (κ3) is 5.85. The maximum absolute atomic E-state index is 13.6. The number of nitriles is 1. The second-order valence-corrected chi connectivity index (χ2v) is 9.56. The number of nitrogens with zero attached hydrogens (tertiary/aromatic N) is 2. The van der Waals surface area contributed by atoms with Crippen molar-refractivity contribution in [2.45, 2.75) is 18.6 Å². The molecule has 0 saturated carbocycles. The van der Waals surface area contributed by atoms with Crippen molar-refractivity contribution in [2.24, 2.45) is 0 Å². The van der Waals surface area contributed by atoms with Crippen LogP contribution in [0.15, 0.2) is 89.5 Å². The van der Waals surface area contributed by atoms with Gasteiger partial charge in [-0.3, -0.25) is 14.5 Å². The molecule has 37 heavy (non-hydrogen) atoms. The Balaban J connectivity index is 1.65. The Morgan fingerprint density at radius 3 is 2.38 bits per heavy atom. The Morgan fingerprint density at radius 1 is 1.05 bits per heavy atom. The van der Waals surface area contributed by atoms with Crippen molar-refractivity contribution in [3.8, 4) is 6.07 Å². The molecule has 1 unspecified atom stereocenters. The van der Waals surface area contributed by atoms with Gasteiger partial charge >= 0.3 is 5.97 Å². The fourth-order valence-corrected chi connectivity index (χ4v) is 5.24. The Hall–Kier alpha value is -4.06. The first kappa shape index (κ1) is 26.0. The highest BCUT2D eigenvalue weighted by atomic mass is 35.5. The maximum atomic E-state index is 13.6. The molecule has 186 valence electrons. The van der Waals surface area contributed by atoms with Crippen LogP contribution in [-0.4, -0.2) is 29.6 Å². The van der Waals surface area contributed by atoms with Crippen LogP contribution in [0.1, 0.15) is 22.8 Å². The molecule has 9 heteroatoms. The van der Waals surface area contributed by atoms with Gasteiger partial charge in [0, 0.05) is 5.69 Å². The average molecular weight is 532 g/mol. The molecular weight excluding hydrogens is 510 g/mol. The van der Waals surface area contributed by atoms with E-state index in [1.165, 1.54) is 4.90 Å². The van der Waals surface area contributed by atoms with Crippen molar-refractivity contribution >= 4 is 52.5 Å². The van der Waals surface area contributed by atoms with E-state index >= 15 is 0 Å². The van der Waals surface area contributed by atoms with Gasteiger partial charge in [-0.05, 0) is 55.3 Å². The number of anilines is 2. The molecule has 1 heterocycles. The molecule has 0 bridgehead atoms. The molecule has 3 aromatic carbocycles. The van der Waals surface area contributed by atoms with Gasteiger partial charge in [0.05, 0.1) is 28.1 Å². The number of rotatable bonds is 7. The van der Waals surface area contributed by atoms with Gasteiger partial charge in [0.15, 0.2) is 0 Å². The van der Waals surface area contributed by atoms with Crippen LogP contribution in [0, 0.1) is 11.3 Å². The van der Waals surface area contributed by atoms with Gasteiger partial charge in [-0.25, -0.2) is 4.79 Å². The van der Waals surface area contributed by atoms with E-state index < -0.39 is 17.1 Å². The summed E-state index contributed by atoms with van der Waals surface area (Å²) in [6.45, 7) is 2.02. The first-order valence-electron chi connectivity index (χ1n) is 11.4. The molecule has 7 nitrogen and oxygen atoms in total. The normalized spacial score (nSPS) is 16.2. The Kier molecular flexibility index (Phi) is 8.29. The first-order valence-corrected chi connectivity index (χ1v) is 12.7. The fraction of sp³-hybridized carbons (Fsp3) is 0.143. The smallest absolute Gasteiger partial charge is 0.338 e. The van der Waals surface area contributed by atoms with Gasteiger partial charge in [0.2, 0.25) is 5.91 Å². The van der Waals surface area contributed by atoms with Gasteiger partial charge in [-0.1, -0.05) is 65.8 Å². The first-order chi connectivity index (χ1) is 17.9. The van der Waals surface area contributed by atoms with E-state index in [0.717, 1.165) is 17.3 Å². The predicted molar refractivity (Wildman–Crippen MR) is 144 cm³/mol. The van der Waals surface area contributed by atoms with Crippen LogP contribution in [0.3, 0.4) is 0 Å². The molecule has 1 aliphatic heterocycles. The quantitative estimate of drug-likeness (QED) is 0.243. The summed E-state index contributed by atoms with van der Waals surface area (Å²) >= 11 is 7.33. The van der Waals surface area contributed by atoms with Gasteiger partial charge in [0.25, 0.3) is 5.91 Å². The van der Waals surface area contributed by atoms with E-state index in [2.05, 4.69) is 5.32 Å². The minimum atomic E-state index is -0.661. The number of halogens is 1. The summed E-state index contributed by atoms with van der Waals surface area (Å²) < 4.78 is 5.02. The highest BCUT2D eigenvalue weighted by Gasteiger charge is 2.40. The standard InChI is InChI=1S/C28H22ClN3O4S/c1-2-36-28(35)19-14-12-18(13-15-19)16-24-26(34)32(20-8-4-3-5-9-20)27(37-24)21(17-30)25(33)31-23-11-7-6-10-22(23)29/h3-15,24H,2,16H2,1H3,(H,31,33)/b27-21-. The zero-order valence-electron chi connectivity index (χ0n) is 19.8. The molecule has 4 rings (SSSR count). The van der Waals surface area contributed by atoms with Gasteiger partial charge in [-0.2, -0.15) is 5.26 Å². The van der Waals surface area contributed by atoms with Crippen LogP contribution in [0.4, 0.5) is 11.4 Å². The van der Waals surface area contributed by atoms with Crippen molar-refractivity contribution in [3.05, 3.63) is 106 Å². The van der Waals surface area contributed by atoms with Crippen molar-refractivity contribution in [1.29, 1.82) is 5.26 Å². The molecule has 0 spiro atoms. The van der Waals surface area contributed by atoms with E-state index in [1.807, 2.05) is 12.1 Å². The minimum absolute atomic E-state index is 0.192. The summed E-state index contributed by atoms with van der Waals surface area (Å²) in [7, 11) is 0. The summed E-state index contributed by atoms with van der Waals surface area (Å²) in [6, 6.07) is 24.4. The maximum Gasteiger partial charge on any atom is 0.338 e. The zero-order valence-corrected chi connectivity index (χ0v) is 21.4. The lowest BCUT2D eigenvalue weighted by molar-refractivity contribution is -0.117. The van der Waals surface area contributed by atoms with Gasteiger partial charge in [0.1, 0.15) is 16.7 Å². The summed E-state index contributed by atoms with van der Waals surface area (Å²) in [5.74, 6) is -1.32. The second kappa shape index (κ2) is 11.8. The highest BCUT2D eigenvalue weighted by molar-refractivity contribution is 8.05. The zero-order chi connectivity index (χ0) is 26.4. The summed E-state index contributed by atoms with van der Waals surface area (Å²) in [6.07, 6.45) is 0.338. The SMILES string of the molecule is CCOC(=O)c1ccc(CC2S/C(=C(/C#N)C(=O)Nc3ccccc3Cl)N(c3ccccc3)C2=O)cc1. The number of hydrogen-bond donors (Lipinski definition) is 1.